The van der Waals surface area contributed by atoms with E-state index in [1.807, 2.05) is 18.7 Å². The number of carbonyl (C=O) groups excluding carboxylic acids is 1. The van der Waals surface area contributed by atoms with Crippen molar-refractivity contribution in [3.63, 3.8) is 0 Å². The summed E-state index contributed by atoms with van der Waals surface area (Å²) in [5.74, 6) is 0.491. The van der Waals surface area contributed by atoms with Crippen molar-refractivity contribution < 1.29 is 10.0 Å². The van der Waals surface area contributed by atoms with Gasteiger partial charge >= 0.3 is 0 Å². The molecule has 1 rings (SSSR count). The number of oxime groups is 1. The molecule has 0 spiro atoms. The molecule has 98 valence electrons. The molecule has 0 bridgehead atoms. The lowest BCUT2D eigenvalue weighted by Gasteiger charge is -2.26. The number of amides is 1. The summed E-state index contributed by atoms with van der Waals surface area (Å²) >= 11 is 0. The molecule has 0 aromatic carbocycles. The van der Waals surface area contributed by atoms with E-state index < -0.39 is 0 Å². The van der Waals surface area contributed by atoms with E-state index in [4.69, 9.17) is 10.9 Å². The van der Waals surface area contributed by atoms with Crippen molar-refractivity contribution >= 4 is 11.7 Å². The number of hydrogen-bond donors (Lipinski definition) is 2. The van der Waals surface area contributed by atoms with E-state index >= 15 is 0 Å². The van der Waals surface area contributed by atoms with Gasteiger partial charge in [-0.2, -0.15) is 0 Å². The highest BCUT2D eigenvalue weighted by Gasteiger charge is 2.27. The molecule has 1 saturated carbocycles. The van der Waals surface area contributed by atoms with E-state index in [2.05, 4.69) is 5.16 Å². The summed E-state index contributed by atoms with van der Waals surface area (Å²) in [7, 11) is 0. The van der Waals surface area contributed by atoms with Gasteiger partial charge in [-0.05, 0) is 19.8 Å². The number of hydrogen-bond acceptors (Lipinski definition) is 3. The fraction of sp³-hybridized carbons (Fsp3) is 0.833. The Hall–Kier alpha value is -1.26. The molecule has 1 amide bonds. The summed E-state index contributed by atoms with van der Waals surface area (Å²) in [6.07, 6.45) is 4.33. The van der Waals surface area contributed by atoms with Gasteiger partial charge in [-0.1, -0.05) is 24.9 Å². The molecule has 5 nitrogen and oxygen atoms in total. The van der Waals surface area contributed by atoms with Crippen LogP contribution in [0.15, 0.2) is 5.16 Å². The van der Waals surface area contributed by atoms with Crippen LogP contribution in [0.25, 0.3) is 0 Å². The van der Waals surface area contributed by atoms with Crippen molar-refractivity contribution in [1.29, 1.82) is 0 Å². The monoisotopic (exact) mass is 241 g/mol. The van der Waals surface area contributed by atoms with Gasteiger partial charge in [0.2, 0.25) is 5.91 Å². The van der Waals surface area contributed by atoms with Gasteiger partial charge in [-0.25, -0.2) is 0 Å². The molecule has 0 aromatic heterocycles. The Kier molecular flexibility index (Phi) is 5.25. The second kappa shape index (κ2) is 6.47. The first-order chi connectivity index (χ1) is 8.10. The molecule has 0 aliphatic heterocycles. The lowest BCUT2D eigenvalue weighted by molar-refractivity contribution is -0.135. The molecule has 17 heavy (non-hydrogen) atoms. The third-order valence-electron chi connectivity index (χ3n) is 3.51. The number of nitrogens with zero attached hydrogens (tertiary/aromatic N) is 2. The first kappa shape index (κ1) is 13.8. The largest absolute Gasteiger partial charge is 0.409 e. The highest BCUT2D eigenvalue weighted by Crippen LogP contribution is 2.26. The first-order valence-electron chi connectivity index (χ1n) is 6.36. The molecule has 0 heterocycles. The second-order valence-corrected chi connectivity index (χ2v) is 4.78. The average molecular weight is 241 g/mol. The maximum atomic E-state index is 12.2. The van der Waals surface area contributed by atoms with E-state index in [1.54, 1.807) is 0 Å². The summed E-state index contributed by atoms with van der Waals surface area (Å²) in [5, 5.41) is 11.6. The Bertz CT molecular complexity index is 285. The molecule has 0 radical (unpaired) electrons. The molecule has 0 aromatic rings. The van der Waals surface area contributed by atoms with Crippen LogP contribution in [-0.4, -0.2) is 34.9 Å². The Morgan fingerprint density at radius 3 is 2.59 bits per heavy atom. The van der Waals surface area contributed by atoms with Gasteiger partial charge in [0.25, 0.3) is 0 Å². The van der Waals surface area contributed by atoms with Crippen molar-refractivity contribution in [2.75, 3.05) is 13.1 Å². The highest BCUT2D eigenvalue weighted by atomic mass is 16.4. The first-order valence-corrected chi connectivity index (χ1v) is 6.36. The number of rotatable bonds is 5. The minimum Gasteiger partial charge on any atom is -0.409 e. The summed E-state index contributed by atoms with van der Waals surface area (Å²) in [4.78, 5) is 14.0. The van der Waals surface area contributed by atoms with Crippen molar-refractivity contribution in [3.8, 4) is 0 Å². The van der Waals surface area contributed by atoms with Gasteiger partial charge in [-0.3, -0.25) is 4.79 Å². The quantitative estimate of drug-likeness (QED) is 0.330. The zero-order valence-electron chi connectivity index (χ0n) is 10.7. The van der Waals surface area contributed by atoms with Crippen LogP contribution in [0.4, 0.5) is 0 Å². The number of carbonyl (C=O) groups is 1. The Balaban J connectivity index is 2.55. The zero-order valence-corrected chi connectivity index (χ0v) is 10.7. The molecule has 1 aliphatic rings. The van der Waals surface area contributed by atoms with Gasteiger partial charge in [0.15, 0.2) is 0 Å². The Morgan fingerprint density at radius 2 is 2.12 bits per heavy atom. The summed E-state index contributed by atoms with van der Waals surface area (Å²) in [5.41, 5.74) is 5.54. The van der Waals surface area contributed by atoms with E-state index in [9.17, 15) is 4.79 Å². The maximum Gasteiger partial charge on any atom is 0.225 e. The fourth-order valence-corrected chi connectivity index (χ4v) is 2.33. The lowest BCUT2D eigenvalue weighted by atomic mass is 10.0. The highest BCUT2D eigenvalue weighted by molar-refractivity contribution is 5.83. The van der Waals surface area contributed by atoms with E-state index in [-0.39, 0.29) is 23.6 Å². The van der Waals surface area contributed by atoms with Crippen molar-refractivity contribution in [3.05, 3.63) is 0 Å². The summed E-state index contributed by atoms with van der Waals surface area (Å²) in [6.45, 7) is 5.03. The number of amidine groups is 1. The van der Waals surface area contributed by atoms with Crippen LogP contribution < -0.4 is 5.73 Å². The molecule has 5 heteroatoms. The van der Waals surface area contributed by atoms with Crippen molar-refractivity contribution in [2.45, 2.75) is 39.5 Å². The van der Waals surface area contributed by atoms with Gasteiger partial charge in [0, 0.05) is 24.9 Å². The molecule has 0 saturated heterocycles. The van der Waals surface area contributed by atoms with Crippen LogP contribution in [0, 0.1) is 11.8 Å². The molecular formula is C12H23N3O2. The predicted octanol–water partition coefficient (Wildman–Crippen LogP) is 1.41. The molecule has 1 aliphatic carbocycles. The summed E-state index contributed by atoms with van der Waals surface area (Å²) in [6, 6.07) is 0. The zero-order chi connectivity index (χ0) is 12.8. The predicted molar refractivity (Wildman–Crippen MR) is 66.8 cm³/mol. The van der Waals surface area contributed by atoms with Crippen molar-refractivity contribution in [1.82, 2.24) is 4.90 Å². The molecule has 1 fully saturated rings. The van der Waals surface area contributed by atoms with Gasteiger partial charge in [0.1, 0.15) is 5.84 Å². The Morgan fingerprint density at radius 1 is 1.53 bits per heavy atom. The minimum atomic E-state index is -0.106. The van der Waals surface area contributed by atoms with Gasteiger partial charge in [0.05, 0.1) is 0 Å². The topological polar surface area (TPSA) is 78.9 Å². The second-order valence-electron chi connectivity index (χ2n) is 4.78. The van der Waals surface area contributed by atoms with Crippen LogP contribution in [0.5, 0.6) is 0 Å². The summed E-state index contributed by atoms with van der Waals surface area (Å²) < 4.78 is 0. The van der Waals surface area contributed by atoms with E-state index in [0.29, 0.717) is 13.1 Å². The minimum absolute atomic E-state index is 0.106. The lowest BCUT2D eigenvalue weighted by Crippen LogP contribution is -2.41. The standard InChI is InChI=1S/C12H23N3O2/c1-3-15(8-9(2)11(13)14-17)12(16)10-6-4-5-7-10/h9-10,17H,3-8H2,1-2H3,(H2,13,14). The SMILES string of the molecule is CCN(CC(C)/C(N)=N/O)C(=O)C1CCCC1. The fourth-order valence-electron chi connectivity index (χ4n) is 2.33. The molecule has 1 atom stereocenters. The molecule has 1 unspecified atom stereocenters. The Labute approximate surface area is 103 Å². The van der Waals surface area contributed by atoms with E-state index in [1.165, 1.54) is 0 Å². The van der Waals surface area contributed by atoms with Crippen molar-refractivity contribution in [2.24, 2.45) is 22.7 Å². The van der Waals surface area contributed by atoms with Crippen LogP contribution in [0.3, 0.4) is 0 Å². The smallest absolute Gasteiger partial charge is 0.225 e. The molecular weight excluding hydrogens is 218 g/mol. The normalized spacial score (nSPS) is 19.3. The van der Waals surface area contributed by atoms with Crippen LogP contribution >= 0.6 is 0 Å². The van der Waals surface area contributed by atoms with Crippen LogP contribution in [0.1, 0.15) is 39.5 Å². The number of nitrogens with two attached hydrogens (primary N) is 1. The molecule has 3 N–H and O–H groups in total. The van der Waals surface area contributed by atoms with Crippen LogP contribution in [0.2, 0.25) is 0 Å². The van der Waals surface area contributed by atoms with Gasteiger partial charge in [-0.15, -0.1) is 0 Å². The third-order valence-corrected chi connectivity index (χ3v) is 3.51. The third kappa shape index (κ3) is 3.61. The van der Waals surface area contributed by atoms with Gasteiger partial charge < -0.3 is 15.8 Å². The van der Waals surface area contributed by atoms with E-state index in [0.717, 1.165) is 25.7 Å². The average Bonchev–Trinajstić information content (AvgIpc) is 2.87. The maximum absolute atomic E-state index is 12.2. The van der Waals surface area contributed by atoms with Crippen LogP contribution in [-0.2, 0) is 4.79 Å².